The molecule has 1 aliphatic carbocycles. The number of alkyl halides is 5. The molecule has 0 heterocycles. The molecule has 0 amide bonds. The van der Waals surface area contributed by atoms with Gasteiger partial charge in [0.15, 0.2) is 0 Å². The maximum atomic E-state index is 12.7. The van der Waals surface area contributed by atoms with E-state index in [1.165, 1.54) is 0 Å². The van der Waals surface area contributed by atoms with Crippen molar-refractivity contribution in [1.29, 1.82) is 0 Å². The molecule has 0 bridgehead atoms. The molecule has 0 aliphatic heterocycles. The number of Topliss-reactive ketones (excluding diaryl/α,β-unsaturated/α-hetero) is 1. The molecule has 1 fully saturated rings. The maximum Gasteiger partial charge on any atom is 0.461 e. The van der Waals surface area contributed by atoms with Crippen LogP contribution in [0.3, 0.4) is 0 Å². The van der Waals surface area contributed by atoms with E-state index in [1.807, 2.05) is 6.92 Å². The van der Waals surface area contributed by atoms with Crippen molar-refractivity contribution >= 4 is 5.78 Å². The molecule has 0 saturated heterocycles. The lowest BCUT2D eigenvalue weighted by Gasteiger charge is -2.28. The Morgan fingerprint density at radius 2 is 1.44 bits per heavy atom. The van der Waals surface area contributed by atoms with Crippen LogP contribution < -0.4 is 0 Å². The fourth-order valence-corrected chi connectivity index (χ4v) is 1.92. The van der Waals surface area contributed by atoms with E-state index in [9.17, 15) is 26.7 Å². The van der Waals surface area contributed by atoms with E-state index in [1.54, 1.807) is 0 Å². The van der Waals surface area contributed by atoms with Gasteiger partial charge in [-0.1, -0.05) is 19.8 Å². The molecular formula is C10H13F5O. The second-order valence-corrected chi connectivity index (χ2v) is 4.39. The van der Waals surface area contributed by atoms with Crippen LogP contribution >= 0.6 is 0 Å². The molecule has 1 nitrogen and oxygen atoms in total. The zero-order valence-corrected chi connectivity index (χ0v) is 8.78. The molecule has 0 spiro atoms. The number of halogens is 5. The number of hydrogen-bond acceptors (Lipinski definition) is 1. The van der Waals surface area contributed by atoms with E-state index in [-0.39, 0.29) is 12.8 Å². The number of carbonyl (C=O) groups is 1. The van der Waals surface area contributed by atoms with E-state index in [2.05, 4.69) is 0 Å². The van der Waals surface area contributed by atoms with Gasteiger partial charge in [0.25, 0.3) is 0 Å². The van der Waals surface area contributed by atoms with Crippen molar-refractivity contribution in [3.05, 3.63) is 0 Å². The second kappa shape index (κ2) is 4.30. The Morgan fingerprint density at radius 1 is 1.00 bits per heavy atom. The van der Waals surface area contributed by atoms with Crippen LogP contribution in [-0.4, -0.2) is 17.9 Å². The van der Waals surface area contributed by atoms with Crippen molar-refractivity contribution in [2.75, 3.05) is 0 Å². The monoisotopic (exact) mass is 244 g/mol. The zero-order valence-electron chi connectivity index (χ0n) is 8.78. The number of ketones is 1. The Bertz CT molecular complexity index is 263. The van der Waals surface area contributed by atoms with Crippen LogP contribution in [0.15, 0.2) is 0 Å². The summed E-state index contributed by atoms with van der Waals surface area (Å²) >= 11 is 0. The Morgan fingerprint density at radius 3 is 1.81 bits per heavy atom. The van der Waals surface area contributed by atoms with Gasteiger partial charge in [-0.3, -0.25) is 4.79 Å². The van der Waals surface area contributed by atoms with Crippen LogP contribution in [0.4, 0.5) is 22.0 Å². The molecule has 0 aromatic heterocycles. The van der Waals surface area contributed by atoms with Crippen molar-refractivity contribution in [2.24, 2.45) is 11.8 Å². The fraction of sp³-hybridized carbons (Fsp3) is 0.900. The summed E-state index contributed by atoms with van der Waals surface area (Å²) in [7, 11) is 0. The molecule has 0 aromatic rings. The van der Waals surface area contributed by atoms with Gasteiger partial charge >= 0.3 is 12.1 Å². The molecule has 1 saturated carbocycles. The Balaban J connectivity index is 2.71. The van der Waals surface area contributed by atoms with Crippen molar-refractivity contribution in [3.63, 3.8) is 0 Å². The van der Waals surface area contributed by atoms with E-state index >= 15 is 0 Å². The van der Waals surface area contributed by atoms with Crippen molar-refractivity contribution in [3.8, 4) is 0 Å². The highest BCUT2D eigenvalue weighted by Gasteiger charge is 2.64. The quantitative estimate of drug-likeness (QED) is 0.678. The van der Waals surface area contributed by atoms with Crippen LogP contribution in [0.2, 0.25) is 0 Å². The third-order valence-corrected chi connectivity index (χ3v) is 3.05. The van der Waals surface area contributed by atoms with E-state index in [0.717, 1.165) is 0 Å². The van der Waals surface area contributed by atoms with Gasteiger partial charge in [0.05, 0.1) is 0 Å². The summed E-state index contributed by atoms with van der Waals surface area (Å²) in [5.74, 6) is -8.01. The molecule has 6 heteroatoms. The van der Waals surface area contributed by atoms with Crippen LogP contribution in [0.25, 0.3) is 0 Å². The van der Waals surface area contributed by atoms with Gasteiger partial charge in [-0.2, -0.15) is 22.0 Å². The smallest absolute Gasteiger partial charge is 0.292 e. The van der Waals surface area contributed by atoms with Gasteiger partial charge in [-0.05, 0) is 18.8 Å². The van der Waals surface area contributed by atoms with Crippen molar-refractivity contribution in [2.45, 2.75) is 44.7 Å². The molecule has 0 unspecified atom stereocenters. The van der Waals surface area contributed by atoms with Crippen LogP contribution in [0.1, 0.15) is 32.6 Å². The minimum atomic E-state index is -5.77. The Kier molecular flexibility index (Phi) is 3.59. The number of carbonyl (C=O) groups excluding carboxylic acids is 1. The molecule has 1 aliphatic rings. The normalized spacial score (nSPS) is 27.9. The minimum absolute atomic E-state index is 0.131. The topological polar surface area (TPSA) is 17.1 Å². The summed E-state index contributed by atoms with van der Waals surface area (Å²) in [6.07, 6.45) is -4.45. The third-order valence-electron chi connectivity index (χ3n) is 3.05. The molecule has 0 N–H and O–H groups in total. The Labute approximate surface area is 90.0 Å². The first kappa shape index (κ1) is 13.4. The van der Waals surface area contributed by atoms with Gasteiger partial charge in [0.1, 0.15) is 0 Å². The van der Waals surface area contributed by atoms with Crippen LogP contribution in [0, 0.1) is 11.8 Å². The average Bonchev–Trinajstić information content (AvgIpc) is 2.16. The molecule has 0 aromatic carbocycles. The predicted molar refractivity (Wildman–Crippen MR) is 47.1 cm³/mol. The summed E-state index contributed by atoms with van der Waals surface area (Å²) in [4.78, 5) is 11.1. The molecule has 16 heavy (non-hydrogen) atoms. The predicted octanol–water partition coefficient (Wildman–Crippen LogP) is 3.58. The van der Waals surface area contributed by atoms with E-state index in [0.29, 0.717) is 18.8 Å². The lowest BCUT2D eigenvalue weighted by atomic mass is 9.79. The van der Waals surface area contributed by atoms with Crippen LogP contribution in [0.5, 0.6) is 0 Å². The maximum absolute atomic E-state index is 12.7. The van der Waals surface area contributed by atoms with Gasteiger partial charge in [-0.15, -0.1) is 0 Å². The first-order valence-electron chi connectivity index (χ1n) is 5.15. The minimum Gasteiger partial charge on any atom is -0.292 e. The highest BCUT2D eigenvalue weighted by Crippen LogP contribution is 2.41. The lowest BCUT2D eigenvalue weighted by Crippen LogP contribution is -2.47. The highest BCUT2D eigenvalue weighted by atomic mass is 19.4. The Hall–Kier alpha value is -0.680. The fourth-order valence-electron chi connectivity index (χ4n) is 1.92. The summed E-state index contributed by atoms with van der Waals surface area (Å²) in [6, 6.07) is 0. The van der Waals surface area contributed by atoms with Crippen LogP contribution in [-0.2, 0) is 4.79 Å². The standard InChI is InChI=1S/C10H13F5O/c1-6-2-4-7(5-3-6)8(16)9(11,12)10(13,14)15/h6-7H,2-5H2,1H3. The van der Waals surface area contributed by atoms with Gasteiger partial charge < -0.3 is 0 Å². The highest BCUT2D eigenvalue weighted by molar-refractivity contribution is 5.88. The SMILES string of the molecule is CC1CCC(C(=O)C(F)(F)C(F)(F)F)CC1. The summed E-state index contributed by atoms with van der Waals surface area (Å²) in [6.45, 7) is 1.89. The first-order chi connectivity index (χ1) is 7.16. The molecule has 0 radical (unpaired) electrons. The zero-order chi connectivity index (χ0) is 12.6. The lowest BCUT2D eigenvalue weighted by molar-refractivity contribution is -0.270. The average molecular weight is 244 g/mol. The number of rotatable bonds is 2. The number of hydrogen-bond donors (Lipinski definition) is 0. The molecule has 94 valence electrons. The summed E-state index contributed by atoms with van der Waals surface area (Å²) in [5, 5.41) is 0. The van der Waals surface area contributed by atoms with E-state index in [4.69, 9.17) is 0 Å². The van der Waals surface area contributed by atoms with Crippen molar-refractivity contribution in [1.82, 2.24) is 0 Å². The third kappa shape index (κ3) is 2.52. The van der Waals surface area contributed by atoms with Gasteiger partial charge in [0.2, 0.25) is 5.78 Å². The summed E-state index contributed by atoms with van der Waals surface area (Å²) in [5.41, 5.74) is 0. The van der Waals surface area contributed by atoms with Gasteiger partial charge in [-0.25, -0.2) is 0 Å². The molecule has 0 atom stereocenters. The van der Waals surface area contributed by atoms with Crippen molar-refractivity contribution < 1.29 is 26.7 Å². The van der Waals surface area contributed by atoms with E-state index < -0.39 is 23.8 Å². The largest absolute Gasteiger partial charge is 0.461 e. The molecule has 1 rings (SSSR count). The second-order valence-electron chi connectivity index (χ2n) is 4.39. The first-order valence-corrected chi connectivity index (χ1v) is 5.15. The van der Waals surface area contributed by atoms with Gasteiger partial charge in [0, 0.05) is 5.92 Å². The molecular weight excluding hydrogens is 231 g/mol. The summed E-state index contributed by atoms with van der Waals surface area (Å²) < 4.78 is 61.3.